The van der Waals surface area contributed by atoms with Crippen LogP contribution < -0.4 is 5.32 Å². The predicted molar refractivity (Wildman–Crippen MR) is 53.4 cm³/mol. The van der Waals surface area contributed by atoms with Gasteiger partial charge in [0.05, 0.1) is 18.2 Å². The number of hydrogen-bond acceptors (Lipinski definition) is 2. The number of amides is 1. The molecule has 1 aromatic carbocycles. The lowest BCUT2D eigenvalue weighted by Gasteiger charge is -2.01. The summed E-state index contributed by atoms with van der Waals surface area (Å²) in [6, 6.07) is 7.60. The van der Waals surface area contributed by atoms with Crippen LogP contribution in [-0.4, -0.2) is 5.91 Å². The minimum absolute atomic E-state index is 0.0119. The maximum absolute atomic E-state index is 11.1. The monoisotopic (exact) mass is 184 g/mol. The Bertz CT molecular complexity index is 455. The Kier molecular flexibility index (Phi) is 2.04. The Morgan fingerprint density at radius 3 is 3.14 bits per heavy atom. The standard InChI is InChI=1S/C11H8N2O/c12-6-2-5-8-3-1-4-9-7-10(14)13-11(8)9/h1-5H,7H2,(H,13,14). The second-order valence-corrected chi connectivity index (χ2v) is 3.07. The molecule has 0 saturated heterocycles. The fourth-order valence-corrected chi connectivity index (χ4v) is 1.54. The van der Waals surface area contributed by atoms with Crippen molar-refractivity contribution in [3.05, 3.63) is 35.4 Å². The Balaban J connectivity index is 2.45. The smallest absolute Gasteiger partial charge is 0.228 e. The van der Waals surface area contributed by atoms with Gasteiger partial charge in [-0.25, -0.2) is 0 Å². The summed E-state index contributed by atoms with van der Waals surface area (Å²) in [4.78, 5) is 11.1. The van der Waals surface area contributed by atoms with Gasteiger partial charge in [0.25, 0.3) is 0 Å². The molecule has 0 spiro atoms. The van der Waals surface area contributed by atoms with Crippen LogP contribution in [0, 0.1) is 11.3 Å². The van der Waals surface area contributed by atoms with Gasteiger partial charge in [-0.2, -0.15) is 5.26 Å². The molecule has 1 aliphatic heterocycles. The number of benzene rings is 1. The molecule has 68 valence electrons. The summed E-state index contributed by atoms with van der Waals surface area (Å²) in [7, 11) is 0. The van der Waals surface area contributed by atoms with Crippen LogP contribution in [0.1, 0.15) is 11.1 Å². The van der Waals surface area contributed by atoms with Gasteiger partial charge in [-0.1, -0.05) is 18.2 Å². The lowest BCUT2D eigenvalue weighted by molar-refractivity contribution is -0.115. The second kappa shape index (κ2) is 3.35. The third-order valence-electron chi connectivity index (χ3n) is 2.14. The molecule has 1 heterocycles. The molecule has 1 aliphatic rings. The summed E-state index contributed by atoms with van der Waals surface area (Å²) in [5, 5.41) is 11.2. The first-order valence-electron chi connectivity index (χ1n) is 4.29. The number of nitriles is 1. The first kappa shape index (κ1) is 8.52. The predicted octanol–water partition coefficient (Wildman–Crippen LogP) is 1.72. The van der Waals surface area contributed by atoms with Crippen LogP contribution in [0.15, 0.2) is 24.3 Å². The Morgan fingerprint density at radius 2 is 2.36 bits per heavy atom. The van der Waals surface area contributed by atoms with E-state index in [0.29, 0.717) is 6.42 Å². The minimum atomic E-state index is 0.0119. The van der Waals surface area contributed by atoms with Crippen LogP contribution in [0.5, 0.6) is 0 Å². The largest absolute Gasteiger partial charge is 0.325 e. The molecule has 3 nitrogen and oxygen atoms in total. The molecule has 0 aliphatic carbocycles. The average Bonchev–Trinajstić information content (AvgIpc) is 2.55. The fourth-order valence-electron chi connectivity index (χ4n) is 1.54. The van der Waals surface area contributed by atoms with Crippen LogP contribution in [-0.2, 0) is 11.2 Å². The number of allylic oxidation sites excluding steroid dienone is 1. The Labute approximate surface area is 81.7 Å². The maximum atomic E-state index is 11.1. The molecule has 0 radical (unpaired) electrons. The highest BCUT2D eigenvalue weighted by molar-refractivity contribution is 6.01. The van der Waals surface area contributed by atoms with Crippen molar-refractivity contribution >= 4 is 17.7 Å². The van der Waals surface area contributed by atoms with Crippen molar-refractivity contribution < 1.29 is 4.79 Å². The molecule has 0 aromatic heterocycles. The van der Waals surface area contributed by atoms with Crippen LogP contribution in [0.2, 0.25) is 0 Å². The molecule has 3 heteroatoms. The van der Waals surface area contributed by atoms with E-state index in [1.54, 1.807) is 6.08 Å². The molecule has 1 amide bonds. The quantitative estimate of drug-likeness (QED) is 0.675. The zero-order valence-electron chi connectivity index (χ0n) is 7.45. The van der Waals surface area contributed by atoms with E-state index in [9.17, 15) is 4.79 Å². The Hall–Kier alpha value is -2.08. The molecular formula is C11H8N2O. The number of fused-ring (bicyclic) bond motifs is 1. The third kappa shape index (κ3) is 1.38. The highest BCUT2D eigenvalue weighted by Gasteiger charge is 2.18. The number of hydrogen-bond donors (Lipinski definition) is 1. The lowest BCUT2D eigenvalue weighted by Crippen LogP contribution is -2.04. The van der Waals surface area contributed by atoms with Gasteiger partial charge in [0.15, 0.2) is 0 Å². The minimum Gasteiger partial charge on any atom is -0.325 e. The third-order valence-corrected chi connectivity index (χ3v) is 2.14. The normalized spacial score (nSPS) is 13.8. The summed E-state index contributed by atoms with van der Waals surface area (Å²) >= 11 is 0. The number of anilines is 1. The van der Waals surface area contributed by atoms with E-state index < -0.39 is 0 Å². The summed E-state index contributed by atoms with van der Waals surface area (Å²) in [5.74, 6) is 0.0119. The van der Waals surface area contributed by atoms with Crippen LogP contribution in [0.3, 0.4) is 0 Å². The highest BCUT2D eigenvalue weighted by atomic mass is 16.1. The molecule has 1 aromatic rings. The van der Waals surface area contributed by atoms with E-state index in [1.807, 2.05) is 24.3 Å². The lowest BCUT2D eigenvalue weighted by atomic mass is 10.1. The van der Waals surface area contributed by atoms with Crippen molar-refractivity contribution in [2.24, 2.45) is 0 Å². The van der Waals surface area contributed by atoms with Gasteiger partial charge < -0.3 is 5.32 Å². The maximum Gasteiger partial charge on any atom is 0.228 e. The first-order chi connectivity index (χ1) is 6.81. The van der Waals surface area contributed by atoms with Crippen molar-refractivity contribution in [1.29, 1.82) is 5.26 Å². The molecule has 1 N–H and O–H groups in total. The van der Waals surface area contributed by atoms with Crippen LogP contribution in [0.25, 0.3) is 6.08 Å². The van der Waals surface area contributed by atoms with E-state index >= 15 is 0 Å². The Morgan fingerprint density at radius 1 is 1.50 bits per heavy atom. The van der Waals surface area contributed by atoms with E-state index in [4.69, 9.17) is 5.26 Å². The molecule has 14 heavy (non-hydrogen) atoms. The molecule has 0 unspecified atom stereocenters. The number of nitrogens with zero attached hydrogens (tertiary/aromatic N) is 1. The number of rotatable bonds is 1. The van der Waals surface area contributed by atoms with Gasteiger partial charge in [0, 0.05) is 6.08 Å². The summed E-state index contributed by atoms with van der Waals surface area (Å²) in [5.41, 5.74) is 2.72. The number of carbonyl (C=O) groups excluding carboxylic acids is 1. The molecule has 0 bridgehead atoms. The summed E-state index contributed by atoms with van der Waals surface area (Å²) < 4.78 is 0. The zero-order valence-corrected chi connectivity index (χ0v) is 7.45. The van der Waals surface area contributed by atoms with Crippen molar-refractivity contribution in [2.75, 3.05) is 5.32 Å². The van der Waals surface area contributed by atoms with Crippen molar-refractivity contribution in [3.63, 3.8) is 0 Å². The van der Waals surface area contributed by atoms with E-state index in [0.717, 1.165) is 16.8 Å². The fraction of sp³-hybridized carbons (Fsp3) is 0.0909. The molecule has 0 fully saturated rings. The first-order valence-corrected chi connectivity index (χ1v) is 4.29. The van der Waals surface area contributed by atoms with Crippen molar-refractivity contribution in [3.8, 4) is 6.07 Å². The number of nitrogens with one attached hydrogen (secondary N) is 1. The van der Waals surface area contributed by atoms with E-state index in [-0.39, 0.29) is 5.91 Å². The molecule has 2 rings (SSSR count). The number of carbonyl (C=O) groups is 1. The molecule has 0 saturated carbocycles. The van der Waals surface area contributed by atoms with Gasteiger partial charge in [-0.3, -0.25) is 4.79 Å². The van der Waals surface area contributed by atoms with Gasteiger partial charge in [0.2, 0.25) is 5.91 Å². The van der Waals surface area contributed by atoms with E-state index in [1.165, 1.54) is 6.08 Å². The van der Waals surface area contributed by atoms with Crippen LogP contribution in [0.4, 0.5) is 5.69 Å². The van der Waals surface area contributed by atoms with Gasteiger partial charge in [-0.15, -0.1) is 0 Å². The number of para-hydroxylation sites is 1. The van der Waals surface area contributed by atoms with Gasteiger partial charge in [-0.05, 0) is 17.2 Å². The van der Waals surface area contributed by atoms with E-state index in [2.05, 4.69) is 5.32 Å². The highest BCUT2D eigenvalue weighted by Crippen LogP contribution is 2.27. The SMILES string of the molecule is N#CC=Cc1cccc2c1NC(=O)C2. The summed E-state index contributed by atoms with van der Waals surface area (Å²) in [6.45, 7) is 0. The molecule has 0 atom stereocenters. The summed E-state index contributed by atoms with van der Waals surface area (Å²) in [6.07, 6.45) is 3.54. The van der Waals surface area contributed by atoms with Crippen molar-refractivity contribution in [1.82, 2.24) is 0 Å². The second-order valence-electron chi connectivity index (χ2n) is 3.07. The van der Waals surface area contributed by atoms with Crippen molar-refractivity contribution in [2.45, 2.75) is 6.42 Å². The molecular weight excluding hydrogens is 176 g/mol. The zero-order chi connectivity index (χ0) is 9.97. The van der Waals surface area contributed by atoms with Crippen LogP contribution >= 0.6 is 0 Å². The van der Waals surface area contributed by atoms with Gasteiger partial charge in [0.1, 0.15) is 0 Å². The average molecular weight is 184 g/mol. The topological polar surface area (TPSA) is 52.9 Å². The van der Waals surface area contributed by atoms with Gasteiger partial charge >= 0.3 is 0 Å².